The molecule has 0 heterocycles. The zero-order valence-corrected chi connectivity index (χ0v) is 20.2. The van der Waals surface area contributed by atoms with Crippen LogP contribution in [-0.4, -0.2) is 30.7 Å². The Kier molecular flexibility index (Phi) is 10.0. The highest BCUT2D eigenvalue weighted by Crippen LogP contribution is 2.25. The van der Waals surface area contributed by atoms with E-state index in [4.69, 9.17) is 16.3 Å². The lowest BCUT2D eigenvalue weighted by molar-refractivity contribution is -0.123. The first-order chi connectivity index (χ1) is 14.8. The summed E-state index contributed by atoms with van der Waals surface area (Å²) in [5, 5.41) is 7.22. The topological polar surface area (TPSA) is 79.8 Å². The molecule has 0 aliphatic carbocycles. The molecule has 2 rings (SSSR count). The van der Waals surface area contributed by atoms with Gasteiger partial charge in [0.05, 0.1) is 17.3 Å². The number of nitrogens with one attached hydrogen (secondary N) is 2. The molecule has 0 aliphatic heterocycles. The van der Waals surface area contributed by atoms with Crippen LogP contribution in [0.1, 0.15) is 49.5 Å². The number of amides is 2. The van der Waals surface area contributed by atoms with Crippen molar-refractivity contribution in [3.8, 4) is 5.75 Å². The highest BCUT2D eigenvalue weighted by Gasteiger charge is 2.24. The molecule has 0 radical (unpaired) electrons. The smallest absolute Gasteiger partial charge is 0.262 e. The first-order valence-corrected chi connectivity index (χ1v) is 11.3. The van der Waals surface area contributed by atoms with Crippen molar-refractivity contribution in [3.05, 3.63) is 63.1 Å². The number of nitrogens with zero attached hydrogens (tertiary/aromatic N) is 1. The van der Waals surface area contributed by atoms with E-state index in [1.807, 2.05) is 32.0 Å². The van der Waals surface area contributed by atoms with Gasteiger partial charge in [0.15, 0.2) is 0 Å². The van der Waals surface area contributed by atoms with Gasteiger partial charge in [-0.1, -0.05) is 44.9 Å². The second kappa shape index (κ2) is 12.5. The number of hydrazone groups is 1. The average Bonchev–Trinajstić information content (AvgIpc) is 2.73. The Balaban J connectivity index is 1.97. The van der Waals surface area contributed by atoms with Crippen molar-refractivity contribution in [3.63, 3.8) is 0 Å². The molecular weight excluding hydrogens is 482 g/mol. The third-order valence-corrected chi connectivity index (χ3v) is 5.28. The molecule has 0 spiro atoms. The molecule has 2 aromatic rings. The van der Waals surface area contributed by atoms with Crippen LogP contribution in [0.25, 0.3) is 0 Å². The number of halogens is 2. The summed E-state index contributed by atoms with van der Waals surface area (Å²) in [7, 11) is 0. The third kappa shape index (κ3) is 7.99. The lowest BCUT2D eigenvalue weighted by atomic mass is 10.0. The van der Waals surface area contributed by atoms with Crippen LogP contribution < -0.4 is 15.5 Å². The van der Waals surface area contributed by atoms with E-state index in [-0.39, 0.29) is 11.8 Å². The highest BCUT2D eigenvalue weighted by atomic mass is 79.9. The van der Waals surface area contributed by atoms with Crippen LogP contribution in [0.5, 0.6) is 5.75 Å². The summed E-state index contributed by atoms with van der Waals surface area (Å²) in [4.78, 5) is 25.1. The number of carbonyl (C=O) groups is 2. The van der Waals surface area contributed by atoms with Crippen molar-refractivity contribution in [1.82, 2.24) is 10.7 Å². The van der Waals surface area contributed by atoms with Gasteiger partial charge < -0.3 is 10.1 Å². The van der Waals surface area contributed by atoms with Crippen molar-refractivity contribution >= 4 is 45.6 Å². The van der Waals surface area contributed by atoms with E-state index >= 15 is 0 Å². The molecule has 2 amide bonds. The fraction of sp³-hybridized carbons (Fsp3) is 0.348. The minimum Gasteiger partial charge on any atom is -0.492 e. The zero-order chi connectivity index (χ0) is 22.8. The minimum absolute atomic E-state index is 0.132. The number of hydrogen-bond acceptors (Lipinski definition) is 4. The molecular formula is C23H27BrClN3O3. The first kappa shape index (κ1) is 24.9. The Morgan fingerprint density at radius 3 is 2.65 bits per heavy atom. The summed E-state index contributed by atoms with van der Waals surface area (Å²) in [5.41, 5.74) is 3.68. The summed E-state index contributed by atoms with van der Waals surface area (Å²) < 4.78 is 6.52. The fourth-order valence-electron chi connectivity index (χ4n) is 2.67. The number of ether oxygens (including phenoxy) is 1. The molecule has 0 aliphatic rings. The SMILES string of the molecule is CCCCOc1ccc(/C=N/NC(=O)C(NC(=O)c2cccc(Cl)c2)C(C)C)cc1Br. The second-order valence-electron chi connectivity index (χ2n) is 7.33. The molecule has 0 saturated carbocycles. The van der Waals surface area contributed by atoms with Gasteiger partial charge in [0.1, 0.15) is 11.8 Å². The van der Waals surface area contributed by atoms with Gasteiger partial charge in [-0.05, 0) is 70.2 Å². The van der Waals surface area contributed by atoms with Gasteiger partial charge >= 0.3 is 0 Å². The zero-order valence-electron chi connectivity index (χ0n) is 17.8. The molecule has 0 saturated heterocycles. The summed E-state index contributed by atoms with van der Waals surface area (Å²) in [6.07, 6.45) is 3.60. The van der Waals surface area contributed by atoms with Crippen molar-refractivity contribution < 1.29 is 14.3 Å². The second-order valence-corrected chi connectivity index (χ2v) is 8.62. The quantitative estimate of drug-likeness (QED) is 0.263. The Labute approximate surface area is 196 Å². The third-order valence-electron chi connectivity index (χ3n) is 4.42. The molecule has 166 valence electrons. The number of rotatable bonds is 10. The highest BCUT2D eigenvalue weighted by molar-refractivity contribution is 9.10. The van der Waals surface area contributed by atoms with Gasteiger partial charge in [-0.25, -0.2) is 5.43 Å². The van der Waals surface area contributed by atoms with E-state index in [1.54, 1.807) is 24.3 Å². The van der Waals surface area contributed by atoms with E-state index in [0.29, 0.717) is 17.2 Å². The molecule has 1 unspecified atom stereocenters. The number of benzene rings is 2. The van der Waals surface area contributed by atoms with Crippen LogP contribution >= 0.6 is 27.5 Å². The number of carbonyl (C=O) groups excluding carboxylic acids is 2. The predicted octanol–water partition coefficient (Wildman–Crippen LogP) is 5.19. The summed E-state index contributed by atoms with van der Waals surface area (Å²) in [6, 6.07) is 11.4. The largest absolute Gasteiger partial charge is 0.492 e. The van der Waals surface area contributed by atoms with E-state index in [0.717, 1.165) is 28.6 Å². The van der Waals surface area contributed by atoms with Crippen LogP contribution in [0, 0.1) is 5.92 Å². The van der Waals surface area contributed by atoms with Crippen molar-refractivity contribution in [2.24, 2.45) is 11.0 Å². The van der Waals surface area contributed by atoms with Gasteiger partial charge in [0.25, 0.3) is 11.8 Å². The molecule has 0 aromatic heterocycles. The monoisotopic (exact) mass is 507 g/mol. The molecule has 1 atom stereocenters. The van der Waals surface area contributed by atoms with Gasteiger partial charge in [0.2, 0.25) is 0 Å². The Morgan fingerprint density at radius 1 is 1.23 bits per heavy atom. The summed E-state index contributed by atoms with van der Waals surface area (Å²) >= 11 is 9.43. The molecule has 2 N–H and O–H groups in total. The van der Waals surface area contributed by atoms with Crippen LogP contribution in [0.3, 0.4) is 0 Å². The Morgan fingerprint density at radius 2 is 2.00 bits per heavy atom. The maximum Gasteiger partial charge on any atom is 0.262 e. The Bertz CT molecular complexity index is 934. The summed E-state index contributed by atoms with van der Waals surface area (Å²) in [5.74, 6) is -0.145. The standard InChI is InChI=1S/C23H27BrClN3O3/c1-4-5-11-31-20-10-9-16(12-19(20)24)14-26-28-23(30)21(15(2)3)27-22(29)17-7-6-8-18(25)13-17/h6-10,12-15,21H,4-5,11H2,1-3H3,(H,27,29)(H,28,30)/b26-14+. The predicted molar refractivity (Wildman–Crippen MR) is 128 cm³/mol. The molecule has 2 aromatic carbocycles. The average molecular weight is 509 g/mol. The van der Waals surface area contributed by atoms with Crippen molar-refractivity contribution in [1.29, 1.82) is 0 Å². The molecule has 6 nitrogen and oxygen atoms in total. The molecule has 31 heavy (non-hydrogen) atoms. The molecule has 0 fully saturated rings. The van der Waals surface area contributed by atoms with Crippen LogP contribution in [0.4, 0.5) is 0 Å². The van der Waals surface area contributed by atoms with E-state index in [9.17, 15) is 9.59 Å². The lowest BCUT2D eigenvalue weighted by Gasteiger charge is -2.20. The van der Waals surface area contributed by atoms with Crippen molar-refractivity contribution in [2.45, 2.75) is 39.7 Å². The normalized spacial score (nSPS) is 12.1. The van der Waals surface area contributed by atoms with E-state index in [2.05, 4.69) is 38.7 Å². The fourth-order valence-corrected chi connectivity index (χ4v) is 3.37. The van der Waals surface area contributed by atoms with Gasteiger partial charge in [-0.2, -0.15) is 5.10 Å². The van der Waals surface area contributed by atoms with E-state index in [1.165, 1.54) is 6.21 Å². The van der Waals surface area contributed by atoms with Crippen LogP contribution in [0.2, 0.25) is 5.02 Å². The maximum atomic E-state index is 12.6. The van der Waals surface area contributed by atoms with Crippen LogP contribution in [-0.2, 0) is 4.79 Å². The van der Waals surface area contributed by atoms with Crippen molar-refractivity contribution in [2.75, 3.05) is 6.61 Å². The first-order valence-electron chi connectivity index (χ1n) is 10.1. The molecule has 0 bridgehead atoms. The van der Waals surface area contributed by atoms with Gasteiger partial charge in [-0.15, -0.1) is 0 Å². The van der Waals surface area contributed by atoms with Crippen LogP contribution in [0.15, 0.2) is 52.0 Å². The van der Waals surface area contributed by atoms with E-state index < -0.39 is 11.9 Å². The van der Waals surface area contributed by atoms with Gasteiger partial charge in [-0.3, -0.25) is 9.59 Å². The molecule has 8 heteroatoms. The lowest BCUT2D eigenvalue weighted by Crippen LogP contribution is -2.48. The summed E-state index contributed by atoms with van der Waals surface area (Å²) in [6.45, 7) is 6.47. The number of unbranched alkanes of at least 4 members (excludes halogenated alkanes) is 1. The minimum atomic E-state index is -0.746. The Hall–Kier alpha value is -2.38. The maximum absolute atomic E-state index is 12.6. The number of hydrogen-bond donors (Lipinski definition) is 2. The van der Waals surface area contributed by atoms with Gasteiger partial charge in [0, 0.05) is 10.6 Å².